The molecular formula is C20H24ClNO3S. The van der Waals surface area contributed by atoms with E-state index < -0.39 is 5.97 Å². The first-order valence-electron chi connectivity index (χ1n) is 8.50. The van der Waals surface area contributed by atoms with Crippen LogP contribution in [0.5, 0.6) is 0 Å². The lowest BCUT2D eigenvalue weighted by Crippen LogP contribution is -2.39. The number of hydrogen-bond donors (Lipinski definition) is 1. The largest absolute Gasteiger partial charge is 0.481 e. The zero-order valence-corrected chi connectivity index (χ0v) is 16.4. The van der Waals surface area contributed by atoms with Gasteiger partial charge in [0.05, 0.1) is 19.1 Å². The second-order valence-corrected chi connectivity index (χ2v) is 7.43. The Balaban J connectivity index is 0.00000243. The van der Waals surface area contributed by atoms with Crippen molar-refractivity contribution in [1.29, 1.82) is 0 Å². The van der Waals surface area contributed by atoms with Crippen LogP contribution in [0.15, 0.2) is 58.3 Å². The van der Waals surface area contributed by atoms with Crippen LogP contribution in [0.3, 0.4) is 0 Å². The lowest BCUT2D eigenvalue weighted by Gasteiger charge is -2.32. The number of nitrogens with zero attached hydrogens (tertiary/aromatic N) is 1. The van der Waals surface area contributed by atoms with Crippen molar-refractivity contribution in [3.8, 4) is 0 Å². The molecule has 0 bridgehead atoms. The SMILES string of the molecule is Cc1ccc(Sc2ccc(C3CN(CCC(=O)O)CCO3)cc2)cc1.Cl. The second-order valence-electron chi connectivity index (χ2n) is 6.29. The number of halogens is 1. The highest BCUT2D eigenvalue weighted by Gasteiger charge is 2.22. The van der Waals surface area contributed by atoms with Gasteiger partial charge in [0.15, 0.2) is 0 Å². The van der Waals surface area contributed by atoms with Crippen LogP contribution in [-0.4, -0.2) is 42.2 Å². The molecule has 1 saturated heterocycles. The number of carbonyl (C=O) groups is 1. The summed E-state index contributed by atoms with van der Waals surface area (Å²) in [7, 11) is 0. The number of ether oxygens (including phenoxy) is 1. The van der Waals surface area contributed by atoms with Gasteiger partial charge in [-0.05, 0) is 36.8 Å². The van der Waals surface area contributed by atoms with Gasteiger partial charge in [0.25, 0.3) is 0 Å². The molecule has 1 unspecified atom stereocenters. The normalized spacial score (nSPS) is 17.5. The van der Waals surface area contributed by atoms with Crippen molar-refractivity contribution in [2.75, 3.05) is 26.2 Å². The van der Waals surface area contributed by atoms with E-state index >= 15 is 0 Å². The van der Waals surface area contributed by atoms with Gasteiger partial charge in [0, 0.05) is 29.4 Å². The summed E-state index contributed by atoms with van der Waals surface area (Å²) in [6, 6.07) is 17.0. The van der Waals surface area contributed by atoms with Crippen molar-refractivity contribution in [2.45, 2.75) is 29.2 Å². The smallest absolute Gasteiger partial charge is 0.304 e. The fraction of sp³-hybridized carbons (Fsp3) is 0.350. The monoisotopic (exact) mass is 393 g/mol. The number of rotatable bonds is 6. The van der Waals surface area contributed by atoms with E-state index in [1.54, 1.807) is 11.8 Å². The summed E-state index contributed by atoms with van der Waals surface area (Å²) in [4.78, 5) is 15.3. The van der Waals surface area contributed by atoms with Gasteiger partial charge < -0.3 is 9.84 Å². The molecule has 26 heavy (non-hydrogen) atoms. The molecule has 0 amide bonds. The average Bonchev–Trinajstić information content (AvgIpc) is 2.63. The number of benzene rings is 2. The first-order chi connectivity index (χ1) is 12.1. The van der Waals surface area contributed by atoms with Gasteiger partial charge in [-0.2, -0.15) is 0 Å². The van der Waals surface area contributed by atoms with Crippen LogP contribution < -0.4 is 0 Å². The molecule has 0 aliphatic carbocycles. The summed E-state index contributed by atoms with van der Waals surface area (Å²) in [5, 5.41) is 8.83. The minimum absolute atomic E-state index is 0. The number of morpholine rings is 1. The Morgan fingerprint density at radius 3 is 2.38 bits per heavy atom. The highest BCUT2D eigenvalue weighted by molar-refractivity contribution is 7.99. The molecule has 1 fully saturated rings. The fourth-order valence-electron chi connectivity index (χ4n) is 2.85. The molecule has 6 heteroatoms. The number of aryl methyl sites for hydroxylation is 1. The predicted octanol–water partition coefficient (Wildman–Crippen LogP) is 4.42. The summed E-state index contributed by atoms with van der Waals surface area (Å²) in [6.07, 6.45) is 0.194. The molecule has 1 N–H and O–H groups in total. The van der Waals surface area contributed by atoms with E-state index in [0.717, 1.165) is 18.7 Å². The quantitative estimate of drug-likeness (QED) is 0.787. The van der Waals surface area contributed by atoms with Gasteiger partial charge in [0.1, 0.15) is 0 Å². The number of carboxylic acid groups (broad SMARTS) is 1. The maximum atomic E-state index is 10.7. The van der Waals surface area contributed by atoms with Crippen LogP contribution in [0, 0.1) is 6.92 Å². The molecule has 0 radical (unpaired) electrons. The van der Waals surface area contributed by atoms with Crippen molar-refractivity contribution >= 4 is 30.1 Å². The van der Waals surface area contributed by atoms with Gasteiger partial charge >= 0.3 is 5.97 Å². The summed E-state index contributed by atoms with van der Waals surface area (Å²) in [5.74, 6) is -0.750. The standard InChI is InChI=1S/C20H23NO3S.ClH/c1-15-2-6-17(7-3-15)25-18-8-4-16(5-9-18)19-14-21(12-13-24-19)11-10-20(22)23;/h2-9,19H,10-14H2,1H3,(H,22,23);1H. The topological polar surface area (TPSA) is 49.8 Å². The molecule has 0 saturated carbocycles. The molecule has 1 aliphatic rings. The zero-order chi connectivity index (χ0) is 17.6. The fourth-order valence-corrected chi connectivity index (χ4v) is 3.67. The molecule has 1 atom stereocenters. The highest BCUT2D eigenvalue weighted by atomic mass is 35.5. The van der Waals surface area contributed by atoms with Gasteiger partial charge in [-0.25, -0.2) is 0 Å². The van der Waals surface area contributed by atoms with E-state index in [1.165, 1.54) is 15.4 Å². The second kappa shape index (κ2) is 9.97. The van der Waals surface area contributed by atoms with Gasteiger partial charge in [-0.15, -0.1) is 12.4 Å². The average molecular weight is 394 g/mol. The van der Waals surface area contributed by atoms with Crippen LogP contribution in [-0.2, 0) is 9.53 Å². The predicted molar refractivity (Wildman–Crippen MR) is 106 cm³/mol. The molecule has 140 valence electrons. The van der Waals surface area contributed by atoms with Crippen molar-refractivity contribution < 1.29 is 14.6 Å². The third-order valence-electron chi connectivity index (χ3n) is 4.30. The van der Waals surface area contributed by atoms with E-state index in [1.807, 2.05) is 0 Å². The van der Waals surface area contributed by atoms with Gasteiger partial charge in [0.2, 0.25) is 0 Å². The van der Waals surface area contributed by atoms with E-state index in [9.17, 15) is 4.79 Å². The maximum absolute atomic E-state index is 10.7. The first-order valence-corrected chi connectivity index (χ1v) is 9.32. The Morgan fingerprint density at radius 1 is 1.15 bits per heavy atom. The van der Waals surface area contributed by atoms with E-state index in [-0.39, 0.29) is 24.9 Å². The molecule has 3 rings (SSSR count). The van der Waals surface area contributed by atoms with E-state index in [2.05, 4.69) is 60.4 Å². The van der Waals surface area contributed by atoms with Gasteiger partial charge in [-0.3, -0.25) is 9.69 Å². The maximum Gasteiger partial charge on any atom is 0.304 e. The lowest BCUT2D eigenvalue weighted by molar-refractivity contribution is -0.137. The molecule has 4 nitrogen and oxygen atoms in total. The van der Waals surface area contributed by atoms with Gasteiger partial charge in [-0.1, -0.05) is 41.6 Å². The molecule has 2 aromatic rings. The minimum atomic E-state index is -0.750. The first kappa shape index (κ1) is 20.8. The Morgan fingerprint density at radius 2 is 1.77 bits per heavy atom. The van der Waals surface area contributed by atoms with E-state index in [4.69, 9.17) is 9.84 Å². The van der Waals surface area contributed by atoms with Crippen LogP contribution in [0.1, 0.15) is 23.7 Å². The third-order valence-corrected chi connectivity index (χ3v) is 5.32. The summed E-state index contributed by atoms with van der Waals surface area (Å²) in [6.45, 7) is 4.86. The number of aliphatic carboxylic acids is 1. The number of hydrogen-bond acceptors (Lipinski definition) is 4. The molecule has 1 aliphatic heterocycles. The summed E-state index contributed by atoms with van der Waals surface area (Å²) < 4.78 is 5.88. The lowest BCUT2D eigenvalue weighted by atomic mass is 10.1. The Hall–Kier alpha value is -1.53. The molecular weight excluding hydrogens is 370 g/mol. The molecule has 0 spiro atoms. The van der Waals surface area contributed by atoms with Crippen LogP contribution in [0.2, 0.25) is 0 Å². The van der Waals surface area contributed by atoms with Crippen LogP contribution in [0.25, 0.3) is 0 Å². The molecule has 0 aromatic heterocycles. The highest BCUT2D eigenvalue weighted by Crippen LogP contribution is 2.30. The van der Waals surface area contributed by atoms with Crippen molar-refractivity contribution in [3.05, 3.63) is 59.7 Å². The Labute approximate surface area is 165 Å². The van der Waals surface area contributed by atoms with Crippen molar-refractivity contribution in [2.24, 2.45) is 0 Å². The van der Waals surface area contributed by atoms with Crippen LogP contribution in [0.4, 0.5) is 0 Å². The zero-order valence-electron chi connectivity index (χ0n) is 14.8. The van der Waals surface area contributed by atoms with Crippen LogP contribution >= 0.6 is 24.2 Å². The molecule has 2 aromatic carbocycles. The number of carboxylic acids is 1. The summed E-state index contributed by atoms with van der Waals surface area (Å²) in [5.41, 5.74) is 2.41. The molecule has 1 heterocycles. The van der Waals surface area contributed by atoms with E-state index in [0.29, 0.717) is 13.2 Å². The summed E-state index contributed by atoms with van der Waals surface area (Å²) >= 11 is 1.75. The van der Waals surface area contributed by atoms with Crippen molar-refractivity contribution in [3.63, 3.8) is 0 Å². The Bertz CT molecular complexity index is 706. The third kappa shape index (κ3) is 6.02. The minimum Gasteiger partial charge on any atom is -0.481 e. The Kier molecular flexibility index (Phi) is 7.97. The van der Waals surface area contributed by atoms with Crippen molar-refractivity contribution in [1.82, 2.24) is 4.90 Å².